The highest BCUT2D eigenvalue weighted by molar-refractivity contribution is 6.73. The van der Waals surface area contributed by atoms with Crippen LogP contribution in [0, 0.1) is 0 Å². The Bertz CT molecular complexity index is 702. The minimum Gasteiger partial charge on any atom is -0.411 e. The molecule has 2 aromatic carbocycles. The van der Waals surface area contributed by atoms with Gasteiger partial charge in [-0.05, 0) is 61.4 Å². The van der Waals surface area contributed by atoms with E-state index in [9.17, 15) is 5.11 Å². The maximum absolute atomic E-state index is 10.4. The van der Waals surface area contributed by atoms with Crippen LogP contribution in [0.15, 0.2) is 72.8 Å². The van der Waals surface area contributed by atoms with Crippen molar-refractivity contribution in [3.63, 3.8) is 0 Å². The molecule has 2 nitrogen and oxygen atoms in total. The molecule has 0 radical (unpaired) electrons. The largest absolute Gasteiger partial charge is 0.411 e. The molecule has 2 aromatic rings. The molecule has 0 saturated heterocycles. The van der Waals surface area contributed by atoms with Crippen LogP contribution in [-0.2, 0) is 17.3 Å². The van der Waals surface area contributed by atoms with Crippen LogP contribution >= 0.6 is 0 Å². The first-order valence-corrected chi connectivity index (χ1v) is 14.2. The third-order valence-electron chi connectivity index (χ3n) is 6.26. The lowest BCUT2D eigenvalue weighted by atomic mass is 10.0. The third kappa shape index (κ3) is 8.59. The number of hydrogen-bond donors (Lipinski definition) is 1. The summed E-state index contributed by atoms with van der Waals surface area (Å²) >= 11 is 0. The molecule has 0 aliphatic rings. The summed E-state index contributed by atoms with van der Waals surface area (Å²) in [6, 6.07) is 24.5. The van der Waals surface area contributed by atoms with Crippen molar-refractivity contribution in [3.05, 3.63) is 83.9 Å². The van der Waals surface area contributed by atoms with Crippen molar-refractivity contribution in [2.45, 2.75) is 83.2 Å². The number of hydrogen-bond acceptors (Lipinski definition) is 2. The molecule has 0 aliphatic carbocycles. The van der Waals surface area contributed by atoms with Gasteiger partial charge in [-0.25, -0.2) is 0 Å². The lowest BCUT2D eigenvalue weighted by Gasteiger charge is -2.32. The zero-order valence-electron chi connectivity index (χ0n) is 19.1. The van der Waals surface area contributed by atoms with Crippen LogP contribution in [0.2, 0.25) is 18.1 Å². The van der Waals surface area contributed by atoms with Gasteiger partial charge in [0.2, 0.25) is 0 Å². The Morgan fingerprint density at radius 3 is 1.80 bits per heavy atom. The molecule has 0 bridgehead atoms. The van der Waals surface area contributed by atoms with Crippen molar-refractivity contribution in [2.75, 3.05) is 0 Å². The molecule has 0 unspecified atom stereocenters. The van der Waals surface area contributed by atoms with E-state index in [2.05, 4.69) is 87.5 Å². The van der Waals surface area contributed by atoms with Crippen molar-refractivity contribution < 1.29 is 9.53 Å². The van der Waals surface area contributed by atoms with Crippen molar-refractivity contribution in [2.24, 2.45) is 0 Å². The number of rotatable bonds is 14. The second-order valence-corrected chi connectivity index (χ2v) is 13.0. The predicted molar refractivity (Wildman–Crippen MR) is 131 cm³/mol. The van der Waals surface area contributed by atoms with Gasteiger partial charge >= 0.3 is 0 Å². The van der Waals surface area contributed by atoms with Gasteiger partial charge in [-0.1, -0.05) is 93.6 Å². The molecule has 164 valence electrons. The molecule has 3 heteroatoms. The predicted octanol–water partition coefficient (Wildman–Crippen LogP) is 6.95. The fourth-order valence-corrected chi connectivity index (χ4v) is 6.79. The smallest absolute Gasteiger partial charge is 0.192 e. The van der Waals surface area contributed by atoms with Gasteiger partial charge in [-0.3, -0.25) is 0 Å². The summed E-state index contributed by atoms with van der Waals surface area (Å²) in [5.74, 6) is 0. The monoisotopic (exact) mass is 424 g/mol. The number of aliphatic hydroxyl groups is 1. The number of aliphatic hydroxyl groups excluding tert-OH is 1. The van der Waals surface area contributed by atoms with Gasteiger partial charge in [0, 0.05) is 0 Å². The Morgan fingerprint density at radius 2 is 1.30 bits per heavy atom. The van der Waals surface area contributed by atoms with Crippen LogP contribution in [0.25, 0.3) is 0 Å². The fraction of sp³-hybridized carbons (Fsp3) is 0.481. The first kappa shape index (κ1) is 24.6. The lowest BCUT2D eigenvalue weighted by molar-refractivity contribution is 0.167. The topological polar surface area (TPSA) is 29.5 Å². The Morgan fingerprint density at radius 1 is 0.800 bits per heavy atom. The minimum absolute atomic E-state index is 0.137. The summed E-state index contributed by atoms with van der Waals surface area (Å²) in [5, 5.41) is 10.4. The molecule has 0 amide bonds. The summed E-state index contributed by atoms with van der Waals surface area (Å²) in [5.41, 5.74) is 2.65. The molecular weight excluding hydrogens is 384 g/mol. The molecule has 0 aromatic heterocycles. The maximum atomic E-state index is 10.4. The SMILES string of the molecule is CC[Si](CC)(CC)O[C@H](/C=C\C[C@H](O)CCc1ccccc1)CCc1ccccc1. The molecule has 0 spiro atoms. The van der Waals surface area contributed by atoms with Crippen molar-refractivity contribution >= 4 is 8.32 Å². The van der Waals surface area contributed by atoms with E-state index in [1.807, 2.05) is 6.07 Å². The number of aryl methyl sites for hydroxylation is 2. The molecule has 1 N–H and O–H groups in total. The standard InChI is InChI=1S/C27H40O2Si/c1-4-30(5-2,6-3)29-27(23-21-25-16-11-8-12-17-25)19-13-18-26(28)22-20-24-14-9-7-10-15-24/h7-17,19,26-28H,4-6,18,20-23H2,1-3H3/b19-13-/t26-,27+/m0/s1. The van der Waals surface area contributed by atoms with Crippen LogP contribution in [0.5, 0.6) is 0 Å². The van der Waals surface area contributed by atoms with E-state index in [4.69, 9.17) is 4.43 Å². The van der Waals surface area contributed by atoms with Crippen LogP contribution in [0.3, 0.4) is 0 Å². The Labute approximate surface area is 185 Å². The summed E-state index contributed by atoms with van der Waals surface area (Å²) in [6.45, 7) is 6.85. The van der Waals surface area contributed by atoms with Gasteiger partial charge in [-0.15, -0.1) is 0 Å². The van der Waals surface area contributed by atoms with Crippen LogP contribution in [0.1, 0.15) is 51.2 Å². The second kappa shape index (κ2) is 13.6. The van der Waals surface area contributed by atoms with Gasteiger partial charge in [0.1, 0.15) is 0 Å². The second-order valence-electron chi connectivity index (χ2n) is 8.27. The maximum Gasteiger partial charge on any atom is 0.192 e. The zero-order valence-corrected chi connectivity index (χ0v) is 20.1. The molecule has 0 heterocycles. The van der Waals surface area contributed by atoms with Crippen LogP contribution in [-0.4, -0.2) is 25.6 Å². The van der Waals surface area contributed by atoms with Crippen molar-refractivity contribution in [1.29, 1.82) is 0 Å². The van der Waals surface area contributed by atoms with E-state index in [1.165, 1.54) is 11.1 Å². The van der Waals surface area contributed by atoms with E-state index < -0.39 is 8.32 Å². The molecular formula is C27H40O2Si. The molecule has 0 aliphatic heterocycles. The first-order chi connectivity index (χ1) is 14.6. The Balaban J connectivity index is 1.92. The van der Waals surface area contributed by atoms with Gasteiger partial charge < -0.3 is 9.53 Å². The van der Waals surface area contributed by atoms with E-state index in [0.29, 0.717) is 6.42 Å². The average Bonchev–Trinajstić information content (AvgIpc) is 2.81. The lowest BCUT2D eigenvalue weighted by Crippen LogP contribution is -2.39. The third-order valence-corrected chi connectivity index (χ3v) is 10.9. The molecule has 2 rings (SSSR count). The van der Waals surface area contributed by atoms with E-state index in [0.717, 1.165) is 43.8 Å². The fourth-order valence-electron chi connectivity index (χ4n) is 3.95. The average molecular weight is 425 g/mol. The molecule has 2 atom stereocenters. The Kier molecular flexibility index (Phi) is 11.1. The molecule has 0 fully saturated rings. The van der Waals surface area contributed by atoms with E-state index >= 15 is 0 Å². The summed E-state index contributed by atoms with van der Waals surface area (Å²) < 4.78 is 6.79. The highest BCUT2D eigenvalue weighted by Gasteiger charge is 2.31. The summed E-state index contributed by atoms with van der Waals surface area (Å²) in [4.78, 5) is 0. The highest BCUT2D eigenvalue weighted by Crippen LogP contribution is 2.25. The van der Waals surface area contributed by atoms with Gasteiger partial charge in [0.05, 0.1) is 12.2 Å². The van der Waals surface area contributed by atoms with Crippen molar-refractivity contribution in [1.82, 2.24) is 0 Å². The zero-order chi connectivity index (χ0) is 21.7. The van der Waals surface area contributed by atoms with E-state index in [1.54, 1.807) is 0 Å². The normalized spacial score (nSPS) is 14.1. The van der Waals surface area contributed by atoms with Gasteiger partial charge in [-0.2, -0.15) is 0 Å². The number of benzene rings is 2. The first-order valence-electron chi connectivity index (χ1n) is 11.7. The Hall–Kier alpha value is -1.68. The minimum atomic E-state index is -1.67. The quantitative estimate of drug-likeness (QED) is 0.263. The van der Waals surface area contributed by atoms with Gasteiger partial charge in [0.15, 0.2) is 8.32 Å². The summed E-state index contributed by atoms with van der Waals surface area (Å²) in [6.07, 6.45) is 8.62. The molecule has 0 saturated carbocycles. The van der Waals surface area contributed by atoms with Crippen LogP contribution in [0.4, 0.5) is 0 Å². The highest BCUT2D eigenvalue weighted by atomic mass is 28.4. The molecule has 30 heavy (non-hydrogen) atoms. The van der Waals surface area contributed by atoms with Gasteiger partial charge in [0.25, 0.3) is 0 Å². The van der Waals surface area contributed by atoms with E-state index in [-0.39, 0.29) is 12.2 Å². The van der Waals surface area contributed by atoms with Crippen molar-refractivity contribution in [3.8, 4) is 0 Å². The van der Waals surface area contributed by atoms with Crippen LogP contribution < -0.4 is 0 Å². The summed E-state index contributed by atoms with van der Waals surface area (Å²) in [7, 11) is -1.67.